The van der Waals surface area contributed by atoms with Gasteiger partial charge in [0.25, 0.3) is 5.91 Å². The summed E-state index contributed by atoms with van der Waals surface area (Å²) in [6.07, 6.45) is 0. The summed E-state index contributed by atoms with van der Waals surface area (Å²) >= 11 is 5.19. The molecule has 1 aliphatic rings. The predicted molar refractivity (Wildman–Crippen MR) is 112 cm³/mol. The zero-order valence-corrected chi connectivity index (χ0v) is 17.0. The summed E-state index contributed by atoms with van der Waals surface area (Å²) in [7, 11) is 0. The first kappa shape index (κ1) is 19.8. The van der Waals surface area contributed by atoms with E-state index in [4.69, 9.17) is 21.7 Å². The number of thiocarbonyl (C=S) groups is 1. The summed E-state index contributed by atoms with van der Waals surface area (Å²) in [4.78, 5) is 12.1. The Balaban J connectivity index is 1.40. The van der Waals surface area contributed by atoms with Crippen molar-refractivity contribution in [2.75, 3.05) is 18.7 Å². The highest BCUT2D eigenvalue weighted by Crippen LogP contribution is 2.32. The Kier molecular flexibility index (Phi) is 6.20. The van der Waals surface area contributed by atoms with Crippen LogP contribution in [0, 0.1) is 20.8 Å². The van der Waals surface area contributed by atoms with Crippen molar-refractivity contribution in [2.24, 2.45) is 0 Å². The Morgan fingerprint density at radius 3 is 2.50 bits per heavy atom. The Labute approximate surface area is 169 Å². The van der Waals surface area contributed by atoms with E-state index in [1.54, 1.807) is 0 Å². The topological polar surface area (TPSA) is 83.7 Å². The second kappa shape index (κ2) is 8.79. The van der Waals surface area contributed by atoms with Crippen molar-refractivity contribution in [3.8, 4) is 11.5 Å². The van der Waals surface area contributed by atoms with Crippen LogP contribution in [-0.2, 0) is 11.3 Å². The van der Waals surface area contributed by atoms with Gasteiger partial charge in [0.15, 0.2) is 16.6 Å². The van der Waals surface area contributed by atoms with Gasteiger partial charge >= 0.3 is 0 Å². The normalized spacial score (nSPS) is 11.7. The van der Waals surface area contributed by atoms with E-state index in [0.717, 1.165) is 33.9 Å². The van der Waals surface area contributed by atoms with Crippen molar-refractivity contribution in [1.82, 2.24) is 16.2 Å². The van der Waals surface area contributed by atoms with Crippen LogP contribution in [-0.4, -0.2) is 24.4 Å². The lowest BCUT2D eigenvalue weighted by atomic mass is 10.1. The van der Waals surface area contributed by atoms with Gasteiger partial charge < -0.3 is 20.1 Å². The molecule has 3 rings (SSSR count). The number of amides is 1. The fourth-order valence-corrected chi connectivity index (χ4v) is 3.20. The van der Waals surface area contributed by atoms with Gasteiger partial charge in [-0.3, -0.25) is 15.6 Å². The average Bonchev–Trinajstić information content (AvgIpc) is 3.11. The molecule has 4 N–H and O–H groups in total. The number of hydrogen-bond acceptors (Lipinski definition) is 5. The third kappa shape index (κ3) is 5.04. The Morgan fingerprint density at radius 2 is 1.75 bits per heavy atom. The summed E-state index contributed by atoms with van der Waals surface area (Å²) in [5, 5.41) is 6.53. The van der Waals surface area contributed by atoms with Crippen LogP contribution in [0.3, 0.4) is 0 Å². The van der Waals surface area contributed by atoms with Crippen LogP contribution in [0.2, 0.25) is 0 Å². The second-order valence-electron chi connectivity index (χ2n) is 6.67. The van der Waals surface area contributed by atoms with Gasteiger partial charge in [-0.15, -0.1) is 0 Å². The van der Waals surface area contributed by atoms with E-state index < -0.39 is 0 Å². The van der Waals surface area contributed by atoms with Crippen molar-refractivity contribution in [1.29, 1.82) is 0 Å². The number of carbonyl (C=O) groups is 1. The molecule has 0 aliphatic carbocycles. The van der Waals surface area contributed by atoms with Crippen LogP contribution in [0.15, 0.2) is 30.3 Å². The van der Waals surface area contributed by atoms with E-state index in [1.807, 2.05) is 32.0 Å². The van der Waals surface area contributed by atoms with Crippen LogP contribution in [0.1, 0.15) is 22.3 Å². The lowest BCUT2D eigenvalue weighted by Gasteiger charge is -2.15. The summed E-state index contributed by atoms with van der Waals surface area (Å²) in [5.74, 6) is 1.24. The number of ether oxygens (including phenoxy) is 2. The van der Waals surface area contributed by atoms with E-state index in [1.165, 1.54) is 5.56 Å². The van der Waals surface area contributed by atoms with Crippen LogP contribution < -0.4 is 31.0 Å². The molecule has 28 heavy (non-hydrogen) atoms. The van der Waals surface area contributed by atoms with Crippen LogP contribution in [0.5, 0.6) is 11.5 Å². The number of fused-ring (bicyclic) bond motifs is 1. The first-order chi connectivity index (χ1) is 13.4. The Hall–Kier alpha value is -3.00. The van der Waals surface area contributed by atoms with Crippen LogP contribution in [0.25, 0.3) is 0 Å². The maximum absolute atomic E-state index is 12.1. The lowest BCUT2D eigenvalue weighted by Crippen LogP contribution is -2.48. The van der Waals surface area contributed by atoms with E-state index in [-0.39, 0.29) is 19.2 Å². The Morgan fingerprint density at radius 1 is 1.04 bits per heavy atom. The molecule has 8 heteroatoms. The number of rotatable bonds is 5. The molecule has 0 saturated heterocycles. The van der Waals surface area contributed by atoms with Crippen molar-refractivity contribution in [3.05, 3.63) is 52.6 Å². The van der Waals surface area contributed by atoms with Gasteiger partial charge in [0.1, 0.15) is 0 Å². The van der Waals surface area contributed by atoms with E-state index >= 15 is 0 Å². The van der Waals surface area contributed by atoms with Gasteiger partial charge in [0.2, 0.25) is 6.79 Å². The van der Waals surface area contributed by atoms with E-state index in [2.05, 4.69) is 40.5 Å². The number of benzene rings is 2. The molecule has 0 aromatic heterocycles. The molecule has 0 atom stereocenters. The second-order valence-corrected chi connectivity index (χ2v) is 7.08. The maximum atomic E-state index is 12.1. The smallest absolute Gasteiger partial charge is 0.257 e. The molecule has 0 bridgehead atoms. The third-order valence-corrected chi connectivity index (χ3v) is 4.55. The molecule has 2 aromatic carbocycles. The number of hydrogen-bond donors (Lipinski definition) is 4. The number of anilines is 1. The first-order valence-electron chi connectivity index (χ1n) is 8.95. The fourth-order valence-electron chi connectivity index (χ4n) is 3.08. The molecule has 0 fully saturated rings. The summed E-state index contributed by atoms with van der Waals surface area (Å²) < 4.78 is 10.6. The standard InChI is InChI=1S/C20H24N4O3S/c1-12-6-13(2)19(14(3)7-12)21-10-18(25)23-24-20(28)22-9-15-4-5-16-17(8-15)27-11-26-16/h4-8,21H,9-11H2,1-3H3,(H,23,25)(H2,22,24,28). The van der Waals surface area contributed by atoms with Crippen LogP contribution >= 0.6 is 12.2 Å². The van der Waals surface area contributed by atoms with Gasteiger partial charge in [-0.1, -0.05) is 23.8 Å². The lowest BCUT2D eigenvalue weighted by molar-refractivity contribution is -0.119. The van der Waals surface area contributed by atoms with Gasteiger partial charge in [-0.05, 0) is 61.8 Å². The molecule has 2 aromatic rings. The zero-order valence-electron chi connectivity index (χ0n) is 16.1. The van der Waals surface area contributed by atoms with E-state index in [9.17, 15) is 4.79 Å². The summed E-state index contributed by atoms with van der Waals surface area (Å²) in [6.45, 7) is 6.98. The molecule has 1 aliphatic heterocycles. The number of carbonyl (C=O) groups excluding carboxylic acids is 1. The SMILES string of the molecule is Cc1cc(C)c(NCC(=O)NNC(=S)NCc2ccc3c(c2)OCO3)c(C)c1. The predicted octanol–water partition coefficient (Wildman–Crippen LogP) is 2.45. The number of nitrogens with one attached hydrogen (secondary N) is 4. The van der Waals surface area contributed by atoms with Crippen LogP contribution in [0.4, 0.5) is 5.69 Å². The van der Waals surface area contributed by atoms with Gasteiger partial charge in [0, 0.05) is 12.2 Å². The minimum absolute atomic E-state index is 0.141. The van der Waals surface area contributed by atoms with Crippen molar-refractivity contribution in [3.63, 3.8) is 0 Å². The molecule has 0 saturated carbocycles. The molecule has 7 nitrogen and oxygen atoms in total. The largest absolute Gasteiger partial charge is 0.454 e. The maximum Gasteiger partial charge on any atom is 0.257 e. The molecular weight excluding hydrogens is 376 g/mol. The number of hydrazine groups is 1. The molecule has 0 unspecified atom stereocenters. The van der Waals surface area contributed by atoms with Gasteiger partial charge in [-0.25, -0.2) is 0 Å². The third-order valence-electron chi connectivity index (χ3n) is 4.31. The Bertz CT molecular complexity index is 878. The molecule has 0 spiro atoms. The fraction of sp³-hybridized carbons (Fsp3) is 0.300. The quantitative estimate of drug-likeness (QED) is 0.453. The van der Waals surface area contributed by atoms with Gasteiger partial charge in [0.05, 0.1) is 6.54 Å². The monoisotopic (exact) mass is 400 g/mol. The highest BCUT2D eigenvalue weighted by Gasteiger charge is 2.13. The zero-order chi connectivity index (χ0) is 20.1. The minimum Gasteiger partial charge on any atom is -0.454 e. The summed E-state index contributed by atoms with van der Waals surface area (Å²) in [6, 6.07) is 9.85. The molecular formula is C20H24N4O3S. The molecule has 1 amide bonds. The average molecular weight is 401 g/mol. The summed E-state index contributed by atoms with van der Waals surface area (Å²) in [5.41, 5.74) is 10.7. The van der Waals surface area contributed by atoms with Crippen molar-refractivity contribution < 1.29 is 14.3 Å². The molecule has 1 heterocycles. The highest BCUT2D eigenvalue weighted by atomic mass is 32.1. The first-order valence-corrected chi connectivity index (χ1v) is 9.36. The van der Waals surface area contributed by atoms with E-state index in [0.29, 0.717) is 11.7 Å². The molecule has 0 radical (unpaired) electrons. The van der Waals surface area contributed by atoms with Crippen molar-refractivity contribution in [2.45, 2.75) is 27.3 Å². The molecule has 148 valence electrons. The number of aryl methyl sites for hydroxylation is 3. The highest BCUT2D eigenvalue weighted by molar-refractivity contribution is 7.80. The van der Waals surface area contributed by atoms with Gasteiger partial charge in [-0.2, -0.15) is 0 Å². The van der Waals surface area contributed by atoms with Crippen molar-refractivity contribution >= 4 is 28.9 Å². The minimum atomic E-state index is -0.216.